The molecule has 0 aromatic rings. The van der Waals surface area contributed by atoms with Crippen molar-refractivity contribution in [2.24, 2.45) is 0 Å². The van der Waals surface area contributed by atoms with Gasteiger partial charge in [-0.3, -0.25) is 28.8 Å². The lowest BCUT2D eigenvalue weighted by Crippen LogP contribution is -2.61. The summed E-state index contributed by atoms with van der Waals surface area (Å²) < 4.78 is 0. The zero-order valence-electron chi connectivity index (χ0n) is 29.5. The largest absolute Gasteiger partial charge is 0.394 e. The van der Waals surface area contributed by atoms with Crippen molar-refractivity contribution in [2.45, 2.75) is 108 Å². The lowest BCUT2D eigenvalue weighted by Gasteiger charge is -2.28. The number of aliphatic hydroxyl groups is 5. The van der Waals surface area contributed by atoms with Crippen LogP contribution in [0.25, 0.3) is 0 Å². The van der Waals surface area contributed by atoms with Crippen molar-refractivity contribution in [3.63, 3.8) is 0 Å². The fourth-order valence-electron chi connectivity index (χ4n) is 4.75. The minimum Gasteiger partial charge on any atom is -0.394 e. The summed E-state index contributed by atoms with van der Waals surface area (Å²) >= 11 is 0. The molecule has 23 heteroatoms. The number of hydroxylamine groups is 6. The molecule has 6 amide bonds. The van der Waals surface area contributed by atoms with Gasteiger partial charge in [0.1, 0.15) is 48.9 Å². The highest BCUT2D eigenvalue weighted by Crippen LogP contribution is 2.09. The summed E-state index contributed by atoms with van der Waals surface area (Å²) in [7, 11) is 0. The Morgan fingerprint density at radius 2 is 0.808 bits per heavy atom. The molecule has 0 aromatic heterocycles. The second-order valence-electron chi connectivity index (χ2n) is 12.3. The quantitative estimate of drug-likeness (QED) is 0.0485. The molecule has 0 radical (unpaired) electrons. The van der Waals surface area contributed by atoms with Gasteiger partial charge in [0.2, 0.25) is 35.4 Å². The Morgan fingerprint density at radius 1 is 0.519 bits per heavy atom. The van der Waals surface area contributed by atoms with Crippen LogP contribution in [0.1, 0.15) is 59.3 Å². The van der Waals surface area contributed by atoms with Gasteiger partial charge in [-0.25, -0.2) is 0 Å². The Morgan fingerprint density at radius 3 is 1.13 bits per heavy atom. The molecule has 0 saturated carbocycles. The molecule has 52 heavy (non-hydrogen) atoms. The second kappa shape index (κ2) is 23.8. The summed E-state index contributed by atoms with van der Waals surface area (Å²) in [6.45, 7) is 0.667. The van der Waals surface area contributed by atoms with Crippen molar-refractivity contribution in [1.82, 2.24) is 47.1 Å². The van der Waals surface area contributed by atoms with Crippen LogP contribution in [0.5, 0.6) is 0 Å². The first kappa shape index (κ1) is 46.4. The van der Waals surface area contributed by atoms with Crippen LogP contribution in [0.3, 0.4) is 0 Å². The summed E-state index contributed by atoms with van der Waals surface area (Å²) in [6, 6.07) is -7.65. The number of aliphatic hydroxyl groups excluding tert-OH is 5. The average molecular weight is 754 g/mol. The fourth-order valence-corrected chi connectivity index (χ4v) is 4.75. The Kier molecular flexibility index (Phi) is 21.3. The number of hydrogen-bond acceptors (Lipinski definition) is 17. The molecule has 1 heterocycles. The third kappa shape index (κ3) is 16.8. The van der Waals surface area contributed by atoms with Gasteiger partial charge >= 0.3 is 0 Å². The number of carbonyl (C=O) groups excluding carboxylic acids is 6. The maximum absolute atomic E-state index is 13.7. The SMILES string of the molecule is CC(O)N(O)CCCC1NC(=O)CNC(=O)C(CO)NC(=O)C(CO)NC(=O)C(CCCN(O)C(C)O)NC(=O)C(CCCN(O)C(C)O)NC1=O. The maximum atomic E-state index is 13.7. The van der Waals surface area contributed by atoms with E-state index in [-0.39, 0.29) is 58.2 Å². The standard InChI is InChI=1S/C29H55N9O14/c1-16(41)36(50)10-4-7-19-26(46)32-20(8-5-11-37(51)17(2)42)27(47)33-21(9-6-12-38(52)18(3)43)28(48)35-23(15-40)29(49)34-22(14-39)25(45)30-13-24(44)31-19/h16-23,39-43,50-52H,4-15H2,1-3H3,(H,30,45)(H,31,44)(H,32,46)(H,33,47)(H,34,49)(H,35,48). The van der Waals surface area contributed by atoms with Crippen molar-refractivity contribution in [3.05, 3.63) is 0 Å². The van der Waals surface area contributed by atoms with E-state index < -0.39 is 104 Å². The van der Waals surface area contributed by atoms with E-state index in [9.17, 15) is 69.9 Å². The number of nitrogens with one attached hydrogen (secondary N) is 6. The first-order chi connectivity index (χ1) is 24.4. The number of hydrogen-bond donors (Lipinski definition) is 14. The van der Waals surface area contributed by atoms with Crippen LogP contribution in [0.4, 0.5) is 0 Å². The first-order valence-corrected chi connectivity index (χ1v) is 16.8. The van der Waals surface area contributed by atoms with Gasteiger partial charge in [-0.05, 0) is 59.3 Å². The van der Waals surface area contributed by atoms with Crippen LogP contribution in [0.15, 0.2) is 0 Å². The highest BCUT2D eigenvalue weighted by Gasteiger charge is 2.33. The van der Waals surface area contributed by atoms with E-state index in [1.165, 1.54) is 20.8 Å². The van der Waals surface area contributed by atoms with Gasteiger partial charge < -0.3 is 73.1 Å². The highest BCUT2D eigenvalue weighted by atomic mass is 16.5. The van der Waals surface area contributed by atoms with Gasteiger partial charge in [0.25, 0.3) is 0 Å². The van der Waals surface area contributed by atoms with Gasteiger partial charge in [0.05, 0.1) is 19.8 Å². The molecule has 1 aliphatic rings. The number of amides is 6. The monoisotopic (exact) mass is 753 g/mol. The molecule has 8 atom stereocenters. The molecular formula is C29H55N9O14. The van der Waals surface area contributed by atoms with Crippen LogP contribution >= 0.6 is 0 Å². The minimum atomic E-state index is -1.70. The number of nitrogens with zero attached hydrogens (tertiary/aromatic N) is 3. The van der Waals surface area contributed by atoms with Crippen molar-refractivity contribution in [3.8, 4) is 0 Å². The van der Waals surface area contributed by atoms with Crippen LogP contribution in [0.2, 0.25) is 0 Å². The molecule has 14 N–H and O–H groups in total. The van der Waals surface area contributed by atoms with Crippen LogP contribution < -0.4 is 31.9 Å². The molecule has 300 valence electrons. The third-order valence-corrected chi connectivity index (χ3v) is 7.91. The lowest BCUT2D eigenvalue weighted by atomic mass is 10.0. The predicted molar refractivity (Wildman–Crippen MR) is 175 cm³/mol. The maximum Gasteiger partial charge on any atom is 0.245 e. The topological polar surface area (TPSA) is 346 Å². The molecule has 0 aromatic carbocycles. The van der Waals surface area contributed by atoms with E-state index in [0.717, 1.165) is 0 Å². The number of carbonyl (C=O) groups is 6. The Bertz CT molecular complexity index is 1160. The highest BCUT2D eigenvalue weighted by molar-refractivity contribution is 5.97. The van der Waals surface area contributed by atoms with Crippen LogP contribution in [-0.4, -0.2) is 180 Å². The molecule has 23 nitrogen and oxygen atoms in total. The Balaban J connectivity index is 3.55. The molecule has 0 spiro atoms. The Labute approximate surface area is 300 Å². The molecule has 0 bridgehead atoms. The fraction of sp³-hybridized carbons (Fsp3) is 0.793. The molecule has 1 rings (SSSR count). The Hall–Kier alpha value is -3.62. The zero-order valence-corrected chi connectivity index (χ0v) is 29.5. The molecule has 8 unspecified atom stereocenters. The normalized spacial score (nSPS) is 24.9. The van der Waals surface area contributed by atoms with E-state index in [1.807, 2.05) is 0 Å². The molecule has 1 aliphatic heterocycles. The van der Waals surface area contributed by atoms with Gasteiger partial charge in [-0.1, -0.05) is 0 Å². The van der Waals surface area contributed by atoms with E-state index in [0.29, 0.717) is 15.2 Å². The smallest absolute Gasteiger partial charge is 0.245 e. The summed E-state index contributed by atoms with van der Waals surface area (Å²) in [5, 5.41) is 93.7. The lowest BCUT2D eigenvalue weighted by molar-refractivity contribution is -0.189. The second-order valence-corrected chi connectivity index (χ2v) is 12.3. The molecule has 0 aliphatic carbocycles. The summed E-state index contributed by atoms with van der Waals surface area (Å²) in [5.74, 6) is -5.90. The summed E-state index contributed by atoms with van der Waals surface area (Å²) in [5.41, 5.74) is 0. The summed E-state index contributed by atoms with van der Waals surface area (Å²) in [6.07, 6.45) is -4.35. The van der Waals surface area contributed by atoms with E-state index >= 15 is 0 Å². The third-order valence-electron chi connectivity index (χ3n) is 7.91. The van der Waals surface area contributed by atoms with Crippen molar-refractivity contribution >= 4 is 35.4 Å². The average Bonchev–Trinajstić information content (AvgIpc) is 3.09. The van der Waals surface area contributed by atoms with E-state index in [1.54, 1.807) is 0 Å². The first-order valence-electron chi connectivity index (χ1n) is 16.8. The van der Waals surface area contributed by atoms with Gasteiger partial charge in [0.15, 0.2) is 0 Å². The van der Waals surface area contributed by atoms with Gasteiger partial charge in [-0.2, -0.15) is 15.2 Å². The van der Waals surface area contributed by atoms with Crippen molar-refractivity contribution in [2.75, 3.05) is 39.4 Å². The minimum absolute atomic E-state index is 0.000189. The van der Waals surface area contributed by atoms with Crippen molar-refractivity contribution in [1.29, 1.82) is 0 Å². The van der Waals surface area contributed by atoms with E-state index in [4.69, 9.17) is 0 Å². The van der Waals surface area contributed by atoms with Crippen molar-refractivity contribution < 1.29 is 69.9 Å². The molecular weight excluding hydrogens is 698 g/mol. The van der Waals surface area contributed by atoms with Gasteiger partial charge in [-0.15, -0.1) is 0 Å². The van der Waals surface area contributed by atoms with Crippen LogP contribution in [0, 0.1) is 0 Å². The predicted octanol–water partition coefficient (Wildman–Crippen LogP) is -6.05. The summed E-state index contributed by atoms with van der Waals surface area (Å²) in [4.78, 5) is 79.2. The van der Waals surface area contributed by atoms with E-state index in [2.05, 4.69) is 31.9 Å². The number of rotatable bonds is 17. The zero-order chi connectivity index (χ0) is 39.5. The molecule has 1 fully saturated rings. The van der Waals surface area contributed by atoms with Gasteiger partial charge in [0, 0.05) is 19.6 Å². The molecule has 1 saturated heterocycles. The van der Waals surface area contributed by atoms with Crippen LogP contribution in [-0.2, 0) is 28.8 Å².